The van der Waals surface area contributed by atoms with Crippen LogP contribution in [0.2, 0.25) is 0 Å². The third kappa shape index (κ3) is 4.02. The molecule has 4 rings (SSSR count). The minimum absolute atomic E-state index is 0.165. The topological polar surface area (TPSA) is 108 Å². The molecule has 1 unspecified atom stereocenters. The number of nitrogens with zero attached hydrogens (tertiary/aromatic N) is 4. The number of allylic oxidation sites excluding steroid dienone is 2. The zero-order valence-corrected chi connectivity index (χ0v) is 18.4. The Labute approximate surface area is 198 Å². The van der Waals surface area contributed by atoms with Gasteiger partial charge in [0.05, 0.1) is 22.7 Å². The van der Waals surface area contributed by atoms with Gasteiger partial charge in [0.2, 0.25) is 0 Å². The van der Waals surface area contributed by atoms with Gasteiger partial charge in [0, 0.05) is 5.57 Å². The molecule has 0 saturated heterocycles. The van der Waals surface area contributed by atoms with Crippen LogP contribution in [0.3, 0.4) is 0 Å². The van der Waals surface area contributed by atoms with Crippen molar-refractivity contribution in [2.75, 3.05) is 5.43 Å². The van der Waals surface area contributed by atoms with Gasteiger partial charge in [-0.2, -0.15) is 20.9 Å². The van der Waals surface area contributed by atoms with Crippen molar-refractivity contribution in [2.45, 2.75) is 12.5 Å². The van der Waals surface area contributed by atoms with E-state index in [1.807, 2.05) is 110 Å². The summed E-state index contributed by atoms with van der Waals surface area (Å²) in [6.45, 7) is 1.93. The minimum Gasteiger partial charge on any atom is -0.368 e. The average Bonchev–Trinajstić information content (AvgIpc) is 2.90. The van der Waals surface area contributed by atoms with Crippen molar-refractivity contribution in [3.8, 4) is 18.2 Å². The number of nitriles is 3. The number of hydrogen-bond donors (Lipinski definition) is 2. The summed E-state index contributed by atoms with van der Waals surface area (Å²) in [5.74, 6) is 0. The van der Waals surface area contributed by atoms with E-state index in [1.165, 1.54) is 0 Å². The van der Waals surface area contributed by atoms with E-state index in [2.05, 4.69) is 16.8 Å². The van der Waals surface area contributed by atoms with E-state index in [1.54, 1.807) is 0 Å². The predicted molar refractivity (Wildman–Crippen MR) is 132 cm³/mol. The van der Waals surface area contributed by atoms with Gasteiger partial charge in [-0.25, -0.2) is 0 Å². The van der Waals surface area contributed by atoms with E-state index in [-0.39, 0.29) is 16.8 Å². The maximum Gasteiger partial charge on any atom is 0.154 e. The van der Waals surface area contributed by atoms with Gasteiger partial charge >= 0.3 is 0 Å². The lowest BCUT2D eigenvalue weighted by Crippen LogP contribution is -2.51. The highest BCUT2D eigenvalue weighted by Crippen LogP contribution is 2.40. The van der Waals surface area contributed by atoms with Crippen molar-refractivity contribution < 1.29 is 0 Å². The Morgan fingerprint density at radius 2 is 1.38 bits per heavy atom. The van der Waals surface area contributed by atoms with Crippen LogP contribution in [0.25, 0.3) is 5.57 Å². The summed E-state index contributed by atoms with van der Waals surface area (Å²) in [5.41, 5.74) is 5.88. The van der Waals surface area contributed by atoms with Crippen molar-refractivity contribution in [1.82, 2.24) is 5.32 Å². The molecule has 162 valence electrons. The molecule has 34 heavy (non-hydrogen) atoms. The highest BCUT2D eigenvalue weighted by Gasteiger charge is 2.43. The van der Waals surface area contributed by atoms with Crippen LogP contribution in [-0.2, 0) is 5.54 Å². The van der Waals surface area contributed by atoms with Crippen LogP contribution in [0.4, 0.5) is 5.69 Å². The molecule has 0 bridgehead atoms. The molecule has 0 amide bonds. The standard InChI is InChI=1S/C28H20N6/c1-28(22-13-7-3-8-14-22)27(34-33-23-15-9-4-10-16-23)25(20-11-5-2-6-12-20)24(19-31)26(32-28)21(17-29)18-30/h2-16,32-33H,1H3/b34-27+. The fourth-order valence-corrected chi connectivity index (χ4v) is 3.97. The lowest BCUT2D eigenvalue weighted by atomic mass is 9.75. The molecule has 0 aromatic heterocycles. The molecule has 1 heterocycles. The van der Waals surface area contributed by atoms with E-state index in [0.717, 1.165) is 16.8 Å². The molecule has 2 N–H and O–H groups in total. The third-order valence-electron chi connectivity index (χ3n) is 5.66. The zero-order valence-electron chi connectivity index (χ0n) is 18.4. The fraction of sp³-hybridized carbons (Fsp3) is 0.0714. The molecule has 0 spiro atoms. The van der Waals surface area contributed by atoms with Gasteiger partial charge in [-0.05, 0) is 30.2 Å². The first kappa shape index (κ1) is 22.1. The van der Waals surface area contributed by atoms with E-state index in [4.69, 9.17) is 5.10 Å². The molecule has 1 atom stereocenters. The second kappa shape index (κ2) is 9.57. The average molecular weight is 441 g/mol. The van der Waals surface area contributed by atoms with E-state index in [9.17, 15) is 15.8 Å². The molecular formula is C28H20N6. The van der Waals surface area contributed by atoms with Gasteiger partial charge in [0.1, 0.15) is 23.7 Å². The first-order chi connectivity index (χ1) is 16.6. The van der Waals surface area contributed by atoms with Crippen LogP contribution in [0.5, 0.6) is 0 Å². The number of hydrazone groups is 1. The van der Waals surface area contributed by atoms with Crippen LogP contribution in [0.1, 0.15) is 18.1 Å². The Morgan fingerprint density at radius 3 is 1.94 bits per heavy atom. The smallest absolute Gasteiger partial charge is 0.154 e. The van der Waals surface area contributed by atoms with Gasteiger partial charge in [-0.1, -0.05) is 78.9 Å². The molecule has 6 heteroatoms. The van der Waals surface area contributed by atoms with Crippen molar-refractivity contribution in [2.24, 2.45) is 5.10 Å². The Hall–Kier alpha value is -5.12. The quantitative estimate of drug-likeness (QED) is 0.425. The molecule has 1 aliphatic rings. The van der Waals surface area contributed by atoms with Gasteiger partial charge in [-0.3, -0.25) is 5.43 Å². The summed E-state index contributed by atoms with van der Waals surface area (Å²) >= 11 is 0. The second-order valence-electron chi connectivity index (χ2n) is 7.76. The molecule has 3 aromatic rings. The van der Waals surface area contributed by atoms with Gasteiger partial charge in [0.15, 0.2) is 5.57 Å². The van der Waals surface area contributed by atoms with Crippen LogP contribution < -0.4 is 10.7 Å². The summed E-state index contributed by atoms with van der Waals surface area (Å²) in [7, 11) is 0. The summed E-state index contributed by atoms with van der Waals surface area (Å²) in [6.07, 6.45) is 0. The van der Waals surface area contributed by atoms with Gasteiger partial charge in [-0.15, -0.1) is 0 Å². The lowest BCUT2D eigenvalue weighted by Gasteiger charge is -2.40. The maximum absolute atomic E-state index is 10.2. The molecule has 0 fully saturated rings. The van der Waals surface area contributed by atoms with Crippen LogP contribution in [-0.4, -0.2) is 5.71 Å². The largest absolute Gasteiger partial charge is 0.368 e. The number of hydrogen-bond acceptors (Lipinski definition) is 6. The second-order valence-corrected chi connectivity index (χ2v) is 7.76. The SMILES string of the molecule is CC1(c2ccccc2)NC(=C(C#N)C#N)C(C#N)=C(c2ccccc2)/C1=N\Nc1ccccc1. The Kier molecular flexibility index (Phi) is 6.22. The van der Waals surface area contributed by atoms with Crippen molar-refractivity contribution in [3.63, 3.8) is 0 Å². The predicted octanol–water partition coefficient (Wildman–Crippen LogP) is 5.25. The summed E-state index contributed by atoms with van der Waals surface area (Å²) in [5, 5.41) is 37.6. The number of benzene rings is 3. The van der Waals surface area contributed by atoms with E-state index < -0.39 is 5.54 Å². The van der Waals surface area contributed by atoms with Crippen LogP contribution >= 0.6 is 0 Å². The van der Waals surface area contributed by atoms with Gasteiger partial charge < -0.3 is 5.32 Å². The monoisotopic (exact) mass is 440 g/mol. The highest BCUT2D eigenvalue weighted by molar-refractivity contribution is 6.31. The zero-order chi connectivity index (χ0) is 24.0. The first-order valence-electron chi connectivity index (χ1n) is 10.6. The van der Waals surface area contributed by atoms with Crippen molar-refractivity contribution >= 4 is 17.0 Å². The first-order valence-corrected chi connectivity index (χ1v) is 10.6. The lowest BCUT2D eigenvalue weighted by molar-refractivity contribution is 0.545. The third-order valence-corrected chi connectivity index (χ3v) is 5.66. The van der Waals surface area contributed by atoms with Crippen molar-refractivity contribution in [3.05, 3.63) is 119 Å². The Morgan fingerprint density at radius 1 is 0.824 bits per heavy atom. The van der Waals surface area contributed by atoms with E-state index >= 15 is 0 Å². The molecule has 3 aromatic carbocycles. The molecule has 1 aliphatic heterocycles. The summed E-state index contributed by atoms with van der Waals surface area (Å²) in [4.78, 5) is 0. The number of para-hydroxylation sites is 1. The summed E-state index contributed by atoms with van der Waals surface area (Å²) in [6, 6.07) is 34.6. The maximum atomic E-state index is 10.2. The molecule has 0 aliphatic carbocycles. The van der Waals surface area contributed by atoms with Gasteiger partial charge in [0.25, 0.3) is 0 Å². The molecular weight excluding hydrogens is 420 g/mol. The fourth-order valence-electron chi connectivity index (χ4n) is 3.97. The molecule has 6 nitrogen and oxygen atoms in total. The number of nitrogens with one attached hydrogen (secondary N) is 2. The minimum atomic E-state index is -0.956. The Balaban J connectivity index is 2.08. The van der Waals surface area contributed by atoms with E-state index in [0.29, 0.717) is 11.3 Å². The number of rotatable bonds is 4. The van der Waals surface area contributed by atoms with Crippen LogP contribution in [0.15, 0.2) is 113 Å². The summed E-state index contributed by atoms with van der Waals surface area (Å²) < 4.78 is 0. The molecule has 0 saturated carbocycles. The van der Waals surface area contributed by atoms with Crippen molar-refractivity contribution in [1.29, 1.82) is 15.8 Å². The van der Waals surface area contributed by atoms with Crippen LogP contribution in [0, 0.1) is 34.0 Å². The Bertz CT molecular complexity index is 1400. The highest BCUT2D eigenvalue weighted by atomic mass is 15.3. The molecule has 0 radical (unpaired) electrons. The number of anilines is 1. The normalized spacial score (nSPS) is 18.3.